The van der Waals surface area contributed by atoms with Crippen LogP contribution in [0.4, 0.5) is 0 Å². The molecule has 0 amide bonds. The summed E-state index contributed by atoms with van der Waals surface area (Å²) in [5.41, 5.74) is 7.90. The second kappa shape index (κ2) is 6.47. The van der Waals surface area contributed by atoms with E-state index in [1.807, 2.05) is 0 Å². The minimum Gasteiger partial charge on any atom is -0.388 e. The van der Waals surface area contributed by atoms with Crippen LogP contribution in [0.25, 0.3) is 0 Å². The Labute approximate surface area is 127 Å². The second-order valence-electron chi connectivity index (χ2n) is 6.64. The molecule has 1 aromatic rings. The van der Waals surface area contributed by atoms with Crippen LogP contribution in [0.15, 0.2) is 24.3 Å². The summed E-state index contributed by atoms with van der Waals surface area (Å²) in [5.74, 6) is 0.307. The molecule has 0 spiro atoms. The maximum atomic E-state index is 10.5. The van der Waals surface area contributed by atoms with Crippen LogP contribution in [0.1, 0.15) is 55.8 Å². The molecule has 0 aliphatic heterocycles. The lowest BCUT2D eigenvalue weighted by Crippen LogP contribution is -2.41. The van der Waals surface area contributed by atoms with E-state index in [0.29, 0.717) is 12.5 Å². The SMILES string of the molecule is NCC1(O)CCCC1CCOC1CCCc2ccccc21. The molecule has 1 aromatic carbocycles. The average Bonchev–Trinajstić information content (AvgIpc) is 2.89. The third-order valence-electron chi connectivity index (χ3n) is 5.38. The van der Waals surface area contributed by atoms with E-state index in [-0.39, 0.29) is 6.10 Å². The topological polar surface area (TPSA) is 55.5 Å². The third kappa shape index (κ3) is 3.15. The van der Waals surface area contributed by atoms with Gasteiger partial charge in [0.05, 0.1) is 11.7 Å². The van der Waals surface area contributed by atoms with Crippen LogP contribution in [0.2, 0.25) is 0 Å². The standard InChI is InChI=1S/C18H27NO2/c19-13-18(20)11-4-7-15(18)10-12-21-17-9-3-6-14-5-1-2-8-16(14)17/h1-2,5,8,15,17,20H,3-4,6-7,9-13,19H2. The zero-order valence-electron chi connectivity index (χ0n) is 12.8. The van der Waals surface area contributed by atoms with Crippen molar-refractivity contribution >= 4 is 0 Å². The highest BCUT2D eigenvalue weighted by Gasteiger charge is 2.39. The molecule has 0 bridgehead atoms. The number of rotatable bonds is 5. The normalized spacial score (nSPS) is 32.1. The van der Waals surface area contributed by atoms with Crippen molar-refractivity contribution in [1.29, 1.82) is 0 Å². The Balaban J connectivity index is 1.55. The first-order valence-corrected chi connectivity index (χ1v) is 8.35. The van der Waals surface area contributed by atoms with Crippen molar-refractivity contribution < 1.29 is 9.84 Å². The van der Waals surface area contributed by atoms with E-state index in [4.69, 9.17) is 10.5 Å². The van der Waals surface area contributed by atoms with Gasteiger partial charge in [-0.15, -0.1) is 0 Å². The molecule has 2 aliphatic rings. The van der Waals surface area contributed by atoms with Crippen molar-refractivity contribution in [2.24, 2.45) is 11.7 Å². The Morgan fingerprint density at radius 2 is 2.10 bits per heavy atom. The minimum atomic E-state index is -0.645. The minimum absolute atomic E-state index is 0.238. The van der Waals surface area contributed by atoms with Crippen molar-refractivity contribution in [3.8, 4) is 0 Å². The molecular formula is C18H27NO2. The van der Waals surface area contributed by atoms with Crippen LogP contribution in [0.3, 0.4) is 0 Å². The molecule has 0 heterocycles. The molecule has 2 aliphatic carbocycles. The van der Waals surface area contributed by atoms with Gasteiger partial charge in [0.1, 0.15) is 0 Å². The van der Waals surface area contributed by atoms with Crippen molar-refractivity contribution in [3.05, 3.63) is 35.4 Å². The molecular weight excluding hydrogens is 262 g/mol. The van der Waals surface area contributed by atoms with Gasteiger partial charge in [0.15, 0.2) is 0 Å². The summed E-state index contributed by atoms with van der Waals surface area (Å²) in [4.78, 5) is 0. The van der Waals surface area contributed by atoms with E-state index < -0.39 is 5.60 Å². The third-order valence-corrected chi connectivity index (χ3v) is 5.38. The van der Waals surface area contributed by atoms with Gasteiger partial charge in [-0.3, -0.25) is 0 Å². The zero-order chi connectivity index (χ0) is 14.7. The molecule has 0 radical (unpaired) electrons. The van der Waals surface area contributed by atoms with Gasteiger partial charge in [-0.25, -0.2) is 0 Å². The molecule has 21 heavy (non-hydrogen) atoms. The van der Waals surface area contributed by atoms with E-state index in [2.05, 4.69) is 24.3 Å². The van der Waals surface area contributed by atoms with E-state index >= 15 is 0 Å². The first kappa shape index (κ1) is 15.0. The van der Waals surface area contributed by atoms with Gasteiger partial charge in [-0.2, -0.15) is 0 Å². The molecule has 3 rings (SSSR count). The summed E-state index contributed by atoms with van der Waals surface area (Å²) in [6.07, 6.45) is 7.67. The number of hydrogen-bond acceptors (Lipinski definition) is 3. The molecule has 3 N–H and O–H groups in total. The van der Waals surface area contributed by atoms with E-state index in [1.165, 1.54) is 24.0 Å². The number of aryl methyl sites for hydroxylation is 1. The highest BCUT2D eigenvalue weighted by molar-refractivity contribution is 5.31. The number of ether oxygens (including phenoxy) is 1. The zero-order valence-corrected chi connectivity index (χ0v) is 12.8. The molecule has 0 saturated heterocycles. The van der Waals surface area contributed by atoms with Crippen LogP contribution < -0.4 is 5.73 Å². The molecule has 1 saturated carbocycles. The first-order chi connectivity index (χ1) is 10.2. The van der Waals surface area contributed by atoms with Crippen molar-refractivity contribution in [2.45, 2.75) is 56.7 Å². The molecule has 1 fully saturated rings. The fourth-order valence-electron chi connectivity index (χ4n) is 4.04. The highest BCUT2D eigenvalue weighted by Crippen LogP contribution is 2.38. The summed E-state index contributed by atoms with van der Waals surface area (Å²) in [5, 5.41) is 10.5. The second-order valence-corrected chi connectivity index (χ2v) is 6.64. The predicted molar refractivity (Wildman–Crippen MR) is 84.0 cm³/mol. The molecule has 3 unspecified atom stereocenters. The number of nitrogens with two attached hydrogens (primary N) is 1. The predicted octanol–water partition coefficient (Wildman–Crippen LogP) is 2.96. The lowest BCUT2D eigenvalue weighted by molar-refractivity contribution is -0.0191. The van der Waals surface area contributed by atoms with Gasteiger partial charge in [0.2, 0.25) is 0 Å². The van der Waals surface area contributed by atoms with Crippen LogP contribution in [0, 0.1) is 5.92 Å². The fraction of sp³-hybridized carbons (Fsp3) is 0.667. The fourth-order valence-corrected chi connectivity index (χ4v) is 4.04. The van der Waals surface area contributed by atoms with Crippen LogP contribution >= 0.6 is 0 Å². The highest BCUT2D eigenvalue weighted by atomic mass is 16.5. The Hall–Kier alpha value is -0.900. The lowest BCUT2D eigenvalue weighted by atomic mass is 9.88. The van der Waals surface area contributed by atoms with Gasteiger partial charge in [-0.05, 0) is 55.6 Å². The molecule has 3 heteroatoms. The summed E-state index contributed by atoms with van der Waals surface area (Å²) in [7, 11) is 0. The van der Waals surface area contributed by atoms with Gasteiger partial charge < -0.3 is 15.6 Å². The van der Waals surface area contributed by atoms with Crippen molar-refractivity contribution in [2.75, 3.05) is 13.2 Å². The van der Waals surface area contributed by atoms with Crippen molar-refractivity contribution in [3.63, 3.8) is 0 Å². The Bertz CT molecular complexity index is 476. The summed E-state index contributed by atoms with van der Waals surface area (Å²) in [6.45, 7) is 1.11. The molecule has 116 valence electrons. The van der Waals surface area contributed by atoms with Crippen LogP contribution in [0.5, 0.6) is 0 Å². The smallest absolute Gasteiger partial charge is 0.0827 e. The largest absolute Gasteiger partial charge is 0.388 e. The Morgan fingerprint density at radius 1 is 1.24 bits per heavy atom. The summed E-state index contributed by atoms with van der Waals surface area (Å²) in [6, 6.07) is 8.63. The molecule has 0 aromatic heterocycles. The van der Waals surface area contributed by atoms with Crippen molar-refractivity contribution in [1.82, 2.24) is 0 Å². The number of aliphatic hydroxyl groups is 1. The van der Waals surface area contributed by atoms with E-state index in [0.717, 1.165) is 38.7 Å². The Kier molecular flexibility index (Phi) is 4.63. The van der Waals surface area contributed by atoms with Gasteiger partial charge in [-0.1, -0.05) is 30.7 Å². The van der Waals surface area contributed by atoms with Crippen LogP contribution in [-0.4, -0.2) is 23.9 Å². The molecule has 3 atom stereocenters. The summed E-state index contributed by atoms with van der Waals surface area (Å²) >= 11 is 0. The van der Waals surface area contributed by atoms with Gasteiger partial charge in [0.25, 0.3) is 0 Å². The van der Waals surface area contributed by atoms with E-state index in [1.54, 1.807) is 0 Å². The summed E-state index contributed by atoms with van der Waals surface area (Å²) < 4.78 is 6.16. The van der Waals surface area contributed by atoms with Gasteiger partial charge >= 0.3 is 0 Å². The quantitative estimate of drug-likeness (QED) is 0.876. The van der Waals surface area contributed by atoms with E-state index in [9.17, 15) is 5.11 Å². The monoisotopic (exact) mass is 289 g/mol. The maximum Gasteiger partial charge on any atom is 0.0827 e. The lowest BCUT2D eigenvalue weighted by Gasteiger charge is -2.30. The Morgan fingerprint density at radius 3 is 2.95 bits per heavy atom. The maximum absolute atomic E-state index is 10.5. The van der Waals surface area contributed by atoms with Crippen LogP contribution in [-0.2, 0) is 11.2 Å². The molecule has 3 nitrogen and oxygen atoms in total. The first-order valence-electron chi connectivity index (χ1n) is 8.35. The number of hydrogen-bond donors (Lipinski definition) is 2. The number of benzene rings is 1. The average molecular weight is 289 g/mol. The van der Waals surface area contributed by atoms with Gasteiger partial charge in [0, 0.05) is 13.2 Å². The number of fused-ring (bicyclic) bond motifs is 1.